The molecule has 1 atom stereocenters. The summed E-state index contributed by atoms with van der Waals surface area (Å²) in [6.45, 7) is 4.90. The highest BCUT2D eigenvalue weighted by molar-refractivity contribution is 7.99. The number of rotatable bonds is 6. The van der Waals surface area contributed by atoms with E-state index in [0.717, 1.165) is 17.4 Å². The molecule has 114 valence electrons. The van der Waals surface area contributed by atoms with Crippen molar-refractivity contribution >= 4 is 17.7 Å². The topological polar surface area (TPSA) is 57.0 Å². The zero-order valence-electron chi connectivity index (χ0n) is 12.1. The Bertz CT molecular complexity index is 669. The second-order valence-corrected chi connectivity index (χ2v) is 6.35. The number of carbonyl (C=O) groups excluding carboxylic acids is 1. The van der Waals surface area contributed by atoms with Gasteiger partial charge in [0.05, 0.1) is 11.7 Å². The first-order valence-electron chi connectivity index (χ1n) is 7.15. The van der Waals surface area contributed by atoms with E-state index >= 15 is 0 Å². The van der Waals surface area contributed by atoms with Crippen LogP contribution in [0.2, 0.25) is 0 Å². The lowest BCUT2D eigenvalue weighted by Crippen LogP contribution is -2.08. The van der Waals surface area contributed by atoms with Crippen molar-refractivity contribution in [3.8, 4) is 0 Å². The summed E-state index contributed by atoms with van der Waals surface area (Å²) in [6, 6.07) is 10.2. The Morgan fingerprint density at radius 2 is 2.18 bits per heavy atom. The number of hydrogen-bond donors (Lipinski definition) is 0. The van der Waals surface area contributed by atoms with Crippen LogP contribution in [0.1, 0.15) is 17.8 Å². The largest absolute Gasteiger partial charge is 0.464 e. The summed E-state index contributed by atoms with van der Waals surface area (Å²) < 4.78 is 7.05. The molecule has 0 spiro atoms. The molecule has 0 aliphatic carbocycles. The van der Waals surface area contributed by atoms with Crippen LogP contribution >= 0.6 is 11.8 Å². The molecule has 1 saturated heterocycles. The Kier molecular flexibility index (Phi) is 4.58. The molecule has 1 aliphatic heterocycles. The van der Waals surface area contributed by atoms with Crippen LogP contribution in [0.4, 0.5) is 0 Å². The van der Waals surface area contributed by atoms with Gasteiger partial charge in [0, 0.05) is 13.0 Å². The molecule has 1 aromatic carbocycles. The third-order valence-corrected chi connectivity index (χ3v) is 4.56. The average Bonchev–Trinajstić information content (AvgIpc) is 3.09. The van der Waals surface area contributed by atoms with E-state index in [-0.39, 0.29) is 11.2 Å². The van der Waals surface area contributed by atoms with E-state index in [1.807, 2.05) is 28.8 Å². The minimum absolute atomic E-state index is 0.116. The predicted octanol–water partition coefficient (Wildman–Crippen LogP) is 2.46. The fourth-order valence-electron chi connectivity index (χ4n) is 2.34. The molecule has 0 unspecified atom stereocenters. The first kappa shape index (κ1) is 14.8. The molecule has 2 aromatic rings. The maximum Gasteiger partial charge on any atom is 0.307 e. The van der Waals surface area contributed by atoms with E-state index in [1.165, 1.54) is 5.56 Å². The predicted molar refractivity (Wildman–Crippen MR) is 84.7 cm³/mol. The summed E-state index contributed by atoms with van der Waals surface area (Å²) in [5.41, 5.74) is 1.19. The Morgan fingerprint density at radius 3 is 2.86 bits per heavy atom. The molecule has 3 rings (SSSR count). The van der Waals surface area contributed by atoms with Crippen molar-refractivity contribution in [1.29, 1.82) is 0 Å². The Hall–Kier alpha value is -2.08. The molecule has 0 radical (unpaired) electrons. The summed E-state index contributed by atoms with van der Waals surface area (Å²) in [5, 5.41) is 9.52. The van der Waals surface area contributed by atoms with Gasteiger partial charge in [-0.1, -0.05) is 48.2 Å². The molecular weight excluding hydrogens is 298 g/mol. The number of thioether (sulfide) groups is 1. The number of aromatic nitrogens is 3. The van der Waals surface area contributed by atoms with E-state index in [9.17, 15) is 4.79 Å². The fourth-order valence-corrected chi connectivity index (χ4v) is 3.39. The second-order valence-electron chi connectivity index (χ2n) is 5.09. The molecule has 2 heterocycles. The van der Waals surface area contributed by atoms with Crippen molar-refractivity contribution in [3.05, 3.63) is 54.4 Å². The summed E-state index contributed by atoms with van der Waals surface area (Å²) in [6.07, 6.45) is 2.99. The molecule has 0 bridgehead atoms. The standard InChI is InChI=1S/C16H17N3O2S/c1-2-8-19-14(9-12-6-4-3-5-7-12)17-18-16(19)22-13-10-15(20)21-11-13/h2-7,13H,1,8-11H2/t13-/m0/s1. The van der Waals surface area contributed by atoms with Crippen LogP contribution in [-0.2, 0) is 22.5 Å². The normalized spacial score (nSPS) is 17.5. The van der Waals surface area contributed by atoms with Crippen LogP contribution in [0.15, 0.2) is 48.1 Å². The highest BCUT2D eigenvalue weighted by Gasteiger charge is 2.27. The van der Waals surface area contributed by atoms with Crippen molar-refractivity contribution in [2.24, 2.45) is 0 Å². The van der Waals surface area contributed by atoms with Gasteiger partial charge in [-0.3, -0.25) is 4.79 Å². The highest BCUT2D eigenvalue weighted by atomic mass is 32.2. The van der Waals surface area contributed by atoms with E-state index in [0.29, 0.717) is 19.6 Å². The summed E-state index contributed by atoms with van der Waals surface area (Å²) in [4.78, 5) is 11.2. The number of hydrogen-bond acceptors (Lipinski definition) is 5. The zero-order chi connectivity index (χ0) is 15.4. The van der Waals surface area contributed by atoms with E-state index in [4.69, 9.17) is 4.74 Å². The molecule has 1 fully saturated rings. The van der Waals surface area contributed by atoms with E-state index in [2.05, 4.69) is 28.9 Å². The zero-order valence-corrected chi connectivity index (χ0v) is 13.0. The second kappa shape index (κ2) is 6.79. The lowest BCUT2D eigenvalue weighted by atomic mass is 10.1. The van der Waals surface area contributed by atoms with Crippen LogP contribution in [0.25, 0.3) is 0 Å². The first-order chi connectivity index (χ1) is 10.8. The Labute approximate surface area is 133 Å². The van der Waals surface area contributed by atoms with Gasteiger partial charge in [0.2, 0.25) is 0 Å². The van der Waals surface area contributed by atoms with Crippen LogP contribution < -0.4 is 0 Å². The van der Waals surface area contributed by atoms with Crippen molar-refractivity contribution in [2.45, 2.75) is 29.8 Å². The van der Waals surface area contributed by atoms with Crippen molar-refractivity contribution in [3.63, 3.8) is 0 Å². The third-order valence-electron chi connectivity index (χ3n) is 3.41. The fraction of sp³-hybridized carbons (Fsp3) is 0.312. The number of carbonyl (C=O) groups is 1. The van der Waals surface area contributed by atoms with Gasteiger partial charge in [-0.15, -0.1) is 16.8 Å². The molecule has 0 saturated carbocycles. The minimum atomic E-state index is -0.142. The lowest BCUT2D eigenvalue weighted by Gasteiger charge is -2.09. The smallest absolute Gasteiger partial charge is 0.307 e. The lowest BCUT2D eigenvalue weighted by molar-refractivity contribution is -0.137. The number of benzene rings is 1. The van der Waals surface area contributed by atoms with E-state index in [1.54, 1.807) is 11.8 Å². The third kappa shape index (κ3) is 3.39. The van der Waals surface area contributed by atoms with Gasteiger partial charge in [0.15, 0.2) is 5.16 Å². The van der Waals surface area contributed by atoms with Crippen LogP contribution in [0.3, 0.4) is 0 Å². The molecular formula is C16H17N3O2S. The number of esters is 1. The first-order valence-corrected chi connectivity index (χ1v) is 8.03. The van der Waals surface area contributed by atoms with Crippen molar-refractivity contribution in [1.82, 2.24) is 14.8 Å². The molecule has 1 aromatic heterocycles. The number of cyclic esters (lactones) is 1. The molecule has 0 N–H and O–H groups in total. The van der Waals surface area contributed by atoms with Gasteiger partial charge in [0.1, 0.15) is 12.4 Å². The Morgan fingerprint density at radius 1 is 1.36 bits per heavy atom. The number of nitrogens with zero attached hydrogens (tertiary/aromatic N) is 3. The average molecular weight is 315 g/mol. The monoisotopic (exact) mass is 315 g/mol. The van der Waals surface area contributed by atoms with Crippen LogP contribution in [-0.4, -0.2) is 32.6 Å². The van der Waals surface area contributed by atoms with Crippen LogP contribution in [0.5, 0.6) is 0 Å². The van der Waals surface area contributed by atoms with Gasteiger partial charge in [-0.2, -0.15) is 0 Å². The molecule has 6 heteroatoms. The SMILES string of the molecule is C=CCn1c(Cc2ccccc2)nnc1S[C@@H]1COC(=O)C1. The molecule has 0 amide bonds. The maximum absolute atomic E-state index is 11.2. The number of allylic oxidation sites excluding steroid dienone is 1. The van der Waals surface area contributed by atoms with Gasteiger partial charge >= 0.3 is 5.97 Å². The van der Waals surface area contributed by atoms with Gasteiger partial charge in [-0.25, -0.2) is 0 Å². The summed E-state index contributed by atoms with van der Waals surface area (Å²) >= 11 is 1.55. The van der Waals surface area contributed by atoms with Crippen molar-refractivity contribution in [2.75, 3.05) is 6.61 Å². The summed E-state index contributed by atoms with van der Waals surface area (Å²) in [5.74, 6) is 0.760. The van der Waals surface area contributed by atoms with Crippen LogP contribution in [0, 0.1) is 0 Å². The maximum atomic E-state index is 11.2. The van der Waals surface area contributed by atoms with E-state index < -0.39 is 0 Å². The highest BCUT2D eigenvalue weighted by Crippen LogP contribution is 2.28. The minimum Gasteiger partial charge on any atom is -0.464 e. The molecule has 5 nitrogen and oxygen atoms in total. The Balaban J connectivity index is 1.79. The molecule has 1 aliphatic rings. The molecule has 22 heavy (non-hydrogen) atoms. The van der Waals surface area contributed by atoms with Crippen molar-refractivity contribution < 1.29 is 9.53 Å². The van der Waals surface area contributed by atoms with Gasteiger partial charge in [0.25, 0.3) is 0 Å². The number of ether oxygens (including phenoxy) is 1. The van der Waals surface area contributed by atoms with Gasteiger partial charge < -0.3 is 9.30 Å². The quantitative estimate of drug-likeness (QED) is 0.605. The van der Waals surface area contributed by atoms with Gasteiger partial charge in [-0.05, 0) is 5.56 Å². The summed E-state index contributed by atoms with van der Waals surface area (Å²) in [7, 11) is 0.